The molecule has 0 aliphatic carbocycles. The molecule has 0 radical (unpaired) electrons. The summed E-state index contributed by atoms with van der Waals surface area (Å²) < 4.78 is 16.3. The lowest BCUT2D eigenvalue weighted by molar-refractivity contribution is -0.134. The molecular formula is C24H24O4. The lowest BCUT2D eigenvalue weighted by Gasteiger charge is -2.10. The number of carbonyl (C=O) groups is 1. The van der Waals surface area contributed by atoms with Gasteiger partial charge in [0.15, 0.2) is 11.5 Å². The molecule has 4 nitrogen and oxygen atoms in total. The summed E-state index contributed by atoms with van der Waals surface area (Å²) in [5, 5.41) is 0. The van der Waals surface area contributed by atoms with Gasteiger partial charge in [-0.2, -0.15) is 0 Å². The summed E-state index contributed by atoms with van der Waals surface area (Å²) in [5.74, 6) is 1.63. The van der Waals surface area contributed by atoms with E-state index in [1.165, 1.54) is 5.56 Å². The van der Waals surface area contributed by atoms with Crippen LogP contribution in [0, 0.1) is 6.92 Å². The normalized spacial score (nSPS) is 10.4. The highest BCUT2D eigenvalue weighted by atomic mass is 16.5. The van der Waals surface area contributed by atoms with Crippen molar-refractivity contribution >= 4 is 5.97 Å². The first-order chi connectivity index (χ1) is 13.7. The van der Waals surface area contributed by atoms with Gasteiger partial charge in [-0.25, -0.2) is 0 Å². The summed E-state index contributed by atoms with van der Waals surface area (Å²) in [6.07, 6.45) is 0.854. The van der Waals surface area contributed by atoms with Crippen LogP contribution in [0.3, 0.4) is 0 Å². The molecule has 0 atom stereocenters. The molecule has 0 saturated carbocycles. The minimum Gasteiger partial charge on any atom is -0.493 e. The molecule has 144 valence electrons. The lowest BCUT2D eigenvalue weighted by Crippen LogP contribution is -2.10. The smallest absolute Gasteiger partial charge is 0.311 e. The molecule has 0 amide bonds. The van der Waals surface area contributed by atoms with Gasteiger partial charge in [0.25, 0.3) is 0 Å². The van der Waals surface area contributed by atoms with Gasteiger partial charge in [-0.05, 0) is 48.7 Å². The van der Waals surface area contributed by atoms with Gasteiger partial charge in [0, 0.05) is 6.42 Å². The van der Waals surface area contributed by atoms with Crippen molar-refractivity contribution in [2.45, 2.75) is 19.8 Å². The van der Waals surface area contributed by atoms with Crippen molar-refractivity contribution in [1.29, 1.82) is 0 Å². The first-order valence-electron chi connectivity index (χ1n) is 9.29. The summed E-state index contributed by atoms with van der Waals surface area (Å²) in [5.41, 5.74) is 3.45. The summed E-state index contributed by atoms with van der Waals surface area (Å²) in [6, 6.07) is 23.3. The Morgan fingerprint density at radius 3 is 2.07 bits per heavy atom. The maximum atomic E-state index is 12.0. The third kappa shape index (κ3) is 5.36. The van der Waals surface area contributed by atoms with E-state index in [0.29, 0.717) is 30.3 Å². The fourth-order valence-corrected chi connectivity index (χ4v) is 2.78. The number of esters is 1. The number of rotatable bonds is 8. The zero-order valence-electron chi connectivity index (χ0n) is 16.2. The summed E-state index contributed by atoms with van der Waals surface area (Å²) in [4.78, 5) is 12.0. The first-order valence-corrected chi connectivity index (χ1v) is 9.29. The van der Waals surface area contributed by atoms with Gasteiger partial charge in [-0.3, -0.25) is 4.79 Å². The highest BCUT2D eigenvalue weighted by molar-refractivity contribution is 5.73. The Morgan fingerprint density at radius 1 is 0.821 bits per heavy atom. The van der Waals surface area contributed by atoms with Crippen molar-refractivity contribution in [2.24, 2.45) is 0 Å². The summed E-state index contributed by atoms with van der Waals surface area (Å²) in [7, 11) is 1.60. The minimum absolute atomic E-state index is 0.272. The third-order valence-electron chi connectivity index (χ3n) is 4.32. The molecule has 0 aliphatic rings. The van der Waals surface area contributed by atoms with Crippen LogP contribution >= 0.6 is 0 Å². The SMILES string of the molecule is COc1ccccc1OCCCC(=O)Oc1ccc(-c2ccc(C)cc2)cc1. The van der Waals surface area contributed by atoms with Gasteiger partial charge in [-0.15, -0.1) is 0 Å². The van der Waals surface area contributed by atoms with Gasteiger partial charge in [0.05, 0.1) is 13.7 Å². The number of para-hydroxylation sites is 2. The largest absolute Gasteiger partial charge is 0.493 e. The third-order valence-corrected chi connectivity index (χ3v) is 4.32. The number of hydrogen-bond acceptors (Lipinski definition) is 4. The summed E-state index contributed by atoms with van der Waals surface area (Å²) in [6.45, 7) is 2.48. The van der Waals surface area contributed by atoms with Gasteiger partial charge in [0.2, 0.25) is 0 Å². The first kappa shape index (κ1) is 19.5. The average molecular weight is 376 g/mol. The van der Waals surface area contributed by atoms with Gasteiger partial charge < -0.3 is 14.2 Å². The molecule has 3 aromatic carbocycles. The number of methoxy groups -OCH3 is 1. The van der Waals surface area contributed by atoms with Crippen LogP contribution < -0.4 is 14.2 Å². The van der Waals surface area contributed by atoms with Gasteiger partial charge in [-0.1, -0.05) is 54.1 Å². The van der Waals surface area contributed by atoms with E-state index in [4.69, 9.17) is 14.2 Å². The van der Waals surface area contributed by atoms with E-state index in [0.717, 1.165) is 11.1 Å². The molecule has 0 spiro atoms. The van der Waals surface area contributed by atoms with Crippen molar-refractivity contribution in [1.82, 2.24) is 0 Å². The van der Waals surface area contributed by atoms with Crippen LogP contribution in [0.2, 0.25) is 0 Å². The molecule has 28 heavy (non-hydrogen) atoms. The van der Waals surface area contributed by atoms with Crippen LogP contribution in [-0.2, 0) is 4.79 Å². The van der Waals surface area contributed by atoms with Crippen LogP contribution in [0.4, 0.5) is 0 Å². The molecule has 0 unspecified atom stereocenters. The molecule has 0 fully saturated rings. The molecule has 3 rings (SSSR count). The van der Waals surface area contributed by atoms with Crippen LogP contribution in [0.25, 0.3) is 11.1 Å². The molecule has 0 N–H and O–H groups in total. The zero-order chi connectivity index (χ0) is 19.8. The predicted molar refractivity (Wildman–Crippen MR) is 110 cm³/mol. The molecule has 0 aliphatic heterocycles. The Bertz CT molecular complexity index is 899. The molecule has 0 aromatic heterocycles. The number of benzene rings is 3. The quantitative estimate of drug-likeness (QED) is 0.298. The highest BCUT2D eigenvalue weighted by Gasteiger charge is 2.07. The van der Waals surface area contributed by atoms with Crippen molar-refractivity contribution in [2.75, 3.05) is 13.7 Å². The second-order valence-electron chi connectivity index (χ2n) is 6.47. The molecular weight excluding hydrogens is 352 g/mol. The van der Waals surface area contributed by atoms with Crippen molar-refractivity contribution in [3.63, 3.8) is 0 Å². The predicted octanol–water partition coefficient (Wildman–Crippen LogP) is 5.44. The molecule has 0 saturated heterocycles. The fraction of sp³-hybridized carbons (Fsp3) is 0.208. The van der Waals surface area contributed by atoms with Gasteiger partial charge >= 0.3 is 5.97 Å². The average Bonchev–Trinajstić information content (AvgIpc) is 2.73. The molecule has 0 heterocycles. The standard InChI is InChI=1S/C24H24O4/c1-18-9-11-19(12-10-18)20-13-15-21(16-14-20)28-24(25)8-5-17-27-23-7-4-3-6-22(23)26-2/h3-4,6-7,9-16H,5,8,17H2,1-2H3. The topological polar surface area (TPSA) is 44.8 Å². The van der Waals surface area contributed by atoms with E-state index in [-0.39, 0.29) is 12.4 Å². The lowest BCUT2D eigenvalue weighted by atomic mass is 10.0. The molecule has 0 bridgehead atoms. The van der Waals surface area contributed by atoms with Crippen molar-refractivity contribution < 1.29 is 19.0 Å². The van der Waals surface area contributed by atoms with E-state index < -0.39 is 0 Å². The minimum atomic E-state index is -0.272. The van der Waals surface area contributed by atoms with Crippen LogP contribution in [0.15, 0.2) is 72.8 Å². The Kier molecular flexibility index (Phi) is 6.68. The van der Waals surface area contributed by atoms with Crippen LogP contribution in [0.1, 0.15) is 18.4 Å². The zero-order valence-corrected chi connectivity index (χ0v) is 16.2. The number of carbonyl (C=O) groups excluding carboxylic acids is 1. The second kappa shape index (κ2) is 9.60. The maximum Gasteiger partial charge on any atom is 0.311 e. The Balaban J connectivity index is 1.45. The van der Waals surface area contributed by atoms with Crippen molar-refractivity contribution in [3.8, 4) is 28.4 Å². The van der Waals surface area contributed by atoms with Crippen LogP contribution in [0.5, 0.6) is 17.2 Å². The Hall–Kier alpha value is -3.27. The van der Waals surface area contributed by atoms with Gasteiger partial charge in [0.1, 0.15) is 5.75 Å². The number of hydrogen-bond donors (Lipinski definition) is 0. The van der Waals surface area contributed by atoms with E-state index in [9.17, 15) is 4.79 Å². The highest BCUT2D eigenvalue weighted by Crippen LogP contribution is 2.26. The van der Waals surface area contributed by atoms with E-state index >= 15 is 0 Å². The Labute approximate surface area is 165 Å². The molecule has 4 heteroatoms. The Morgan fingerprint density at radius 2 is 1.43 bits per heavy atom. The summed E-state index contributed by atoms with van der Waals surface area (Å²) >= 11 is 0. The fourth-order valence-electron chi connectivity index (χ4n) is 2.78. The number of aryl methyl sites for hydroxylation is 1. The van der Waals surface area contributed by atoms with Crippen LogP contribution in [-0.4, -0.2) is 19.7 Å². The van der Waals surface area contributed by atoms with Crippen molar-refractivity contribution in [3.05, 3.63) is 78.4 Å². The maximum absolute atomic E-state index is 12.0. The monoisotopic (exact) mass is 376 g/mol. The van der Waals surface area contributed by atoms with E-state index in [1.807, 2.05) is 48.5 Å². The van der Waals surface area contributed by atoms with E-state index in [1.54, 1.807) is 7.11 Å². The van der Waals surface area contributed by atoms with E-state index in [2.05, 4.69) is 31.2 Å². The number of ether oxygens (including phenoxy) is 3. The molecule has 3 aromatic rings. The second-order valence-corrected chi connectivity index (χ2v) is 6.47.